The SMILES string of the molecule is CC(=O)Oc1ccc2ncnc(N)c2c1. The summed E-state index contributed by atoms with van der Waals surface area (Å²) < 4.78 is 4.93. The highest BCUT2D eigenvalue weighted by atomic mass is 16.5. The van der Waals surface area contributed by atoms with E-state index < -0.39 is 0 Å². The van der Waals surface area contributed by atoms with Crippen molar-refractivity contribution in [1.82, 2.24) is 9.97 Å². The van der Waals surface area contributed by atoms with Gasteiger partial charge in [-0.1, -0.05) is 0 Å². The Balaban J connectivity index is 2.54. The smallest absolute Gasteiger partial charge is 0.308 e. The van der Waals surface area contributed by atoms with Gasteiger partial charge in [0.05, 0.1) is 5.52 Å². The van der Waals surface area contributed by atoms with Crippen LogP contribution in [0.25, 0.3) is 10.9 Å². The Hall–Kier alpha value is -2.17. The number of esters is 1. The third-order valence-electron chi connectivity index (χ3n) is 1.90. The van der Waals surface area contributed by atoms with Gasteiger partial charge in [0.25, 0.3) is 0 Å². The first-order chi connectivity index (χ1) is 7.16. The summed E-state index contributed by atoms with van der Waals surface area (Å²) in [4.78, 5) is 18.6. The second kappa shape index (κ2) is 3.53. The molecule has 0 fully saturated rings. The van der Waals surface area contributed by atoms with Crippen LogP contribution in [0.5, 0.6) is 5.75 Å². The van der Waals surface area contributed by atoms with Gasteiger partial charge < -0.3 is 10.5 Å². The summed E-state index contributed by atoms with van der Waals surface area (Å²) in [5.74, 6) is 0.440. The normalized spacial score (nSPS) is 10.2. The van der Waals surface area contributed by atoms with Gasteiger partial charge in [-0.25, -0.2) is 9.97 Å². The summed E-state index contributed by atoms with van der Waals surface area (Å²) in [6.45, 7) is 1.34. The van der Waals surface area contributed by atoms with E-state index in [2.05, 4.69) is 9.97 Å². The van der Waals surface area contributed by atoms with Gasteiger partial charge in [-0.15, -0.1) is 0 Å². The minimum Gasteiger partial charge on any atom is -0.427 e. The molecule has 5 nitrogen and oxygen atoms in total. The number of hydrogen-bond acceptors (Lipinski definition) is 5. The Kier molecular flexibility index (Phi) is 2.21. The molecule has 1 heterocycles. The maximum atomic E-state index is 10.7. The molecule has 0 bridgehead atoms. The maximum Gasteiger partial charge on any atom is 0.308 e. The first kappa shape index (κ1) is 9.39. The summed E-state index contributed by atoms with van der Waals surface area (Å²) in [6, 6.07) is 5.04. The van der Waals surface area contributed by atoms with Gasteiger partial charge in [0.2, 0.25) is 0 Å². The number of aromatic nitrogens is 2. The Labute approximate surface area is 85.9 Å². The molecule has 0 aliphatic carbocycles. The number of carbonyl (C=O) groups is 1. The van der Waals surface area contributed by atoms with Crippen LogP contribution in [-0.4, -0.2) is 15.9 Å². The van der Waals surface area contributed by atoms with Crippen LogP contribution < -0.4 is 10.5 Å². The number of ether oxygens (including phenoxy) is 1. The van der Waals surface area contributed by atoms with Crippen molar-refractivity contribution < 1.29 is 9.53 Å². The van der Waals surface area contributed by atoms with Crippen LogP contribution in [0, 0.1) is 0 Å². The van der Waals surface area contributed by atoms with Crippen molar-refractivity contribution in [3.63, 3.8) is 0 Å². The average Bonchev–Trinajstić information content (AvgIpc) is 2.18. The lowest BCUT2D eigenvalue weighted by Crippen LogP contribution is -2.01. The van der Waals surface area contributed by atoms with Crippen molar-refractivity contribution >= 4 is 22.7 Å². The number of nitrogens with two attached hydrogens (primary N) is 1. The molecule has 0 spiro atoms. The third kappa shape index (κ3) is 1.85. The summed E-state index contributed by atoms with van der Waals surface area (Å²) in [6.07, 6.45) is 1.39. The van der Waals surface area contributed by atoms with E-state index in [-0.39, 0.29) is 5.97 Å². The number of carbonyl (C=O) groups excluding carboxylic acids is 1. The number of nitrogens with zero attached hydrogens (tertiary/aromatic N) is 2. The van der Waals surface area contributed by atoms with Crippen LogP contribution in [-0.2, 0) is 4.79 Å². The van der Waals surface area contributed by atoms with Gasteiger partial charge in [0.1, 0.15) is 17.9 Å². The molecular formula is C10H9N3O2. The fourth-order valence-electron chi connectivity index (χ4n) is 1.29. The van der Waals surface area contributed by atoms with Crippen LogP contribution in [0.2, 0.25) is 0 Å². The Morgan fingerprint density at radius 2 is 2.20 bits per heavy atom. The predicted molar refractivity (Wildman–Crippen MR) is 55.3 cm³/mol. The number of fused-ring (bicyclic) bond motifs is 1. The summed E-state index contributed by atoms with van der Waals surface area (Å²) >= 11 is 0. The van der Waals surface area contributed by atoms with Gasteiger partial charge >= 0.3 is 5.97 Å². The molecule has 0 unspecified atom stereocenters. The van der Waals surface area contributed by atoms with Crippen molar-refractivity contribution in [3.05, 3.63) is 24.5 Å². The summed E-state index contributed by atoms with van der Waals surface area (Å²) in [5.41, 5.74) is 6.39. The molecule has 1 aromatic heterocycles. The average molecular weight is 203 g/mol. The van der Waals surface area contributed by atoms with Crippen LogP contribution >= 0.6 is 0 Å². The molecule has 0 saturated heterocycles. The van der Waals surface area contributed by atoms with Crippen LogP contribution in [0.15, 0.2) is 24.5 Å². The van der Waals surface area contributed by atoms with E-state index >= 15 is 0 Å². The van der Waals surface area contributed by atoms with E-state index in [1.165, 1.54) is 13.3 Å². The highest BCUT2D eigenvalue weighted by molar-refractivity contribution is 5.89. The molecule has 15 heavy (non-hydrogen) atoms. The fraction of sp³-hybridized carbons (Fsp3) is 0.100. The first-order valence-electron chi connectivity index (χ1n) is 4.35. The molecule has 0 aliphatic rings. The van der Waals surface area contributed by atoms with E-state index in [0.29, 0.717) is 17.0 Å². The largest absolute Gasteiger partial charge is 0.427 e. The van der Waals surface area contributed by atoms with Crippen molar-refractivity contribution in [2.75, 3.05) is 5.73 Å². The fourth-order valence-corrected chi connectivity index (χ4v) is 1.29. The molecule has 1 aromatic carbocycles. The topological polar surface area (TPSA) is 78.1 Å². The Bertz CT molecular complexity index is 525. The van der Waals surface area contributed by atoms with Crippen molar-refractivity contribution in [3.8, 4) is 5.75 Å². The number of benzene rings is 1. The standard InChI is InChI=1S/C10H9N3O2/c1-6(14)15-7-2-3-9-8(4-7)10(11)13-5-12-9/h2-5H,1H3,(H2,11,12,13). The molecule has 0 atom stereocenters. The third-order valence-corrected chi connectivity index (χ3v) is 1.90. The van der Waals surface area contributed by atoms with E-state index in [1.807, 2.05) is 0 Å². The number of hydrogen-bond donors (Lipinski definition) is 1. The number of nitrogen functional groups attached to an aromatic ring is 1. The molecule has 0 saturated carbocycles. The van der Waals surface area contributed by atoms with Crippen LogP contribution in [0.1, 0.15) is 6.92 Å². The van der Waals surface area contributed by atoms with E-state index in [1.54, 1.807) is 18.2 Å². The number of anilines is 1. The monoisotopic (exact) mass is 203 g/mol. The minimum atomic E-state index is -0.371. The molecule has 0 amide bonds. The quantitative estimate of drug-likeness (QED) is 0.555. The Morgan fingerprint density at radius 3 is 2.93 bits per heavy atom. The number of rotatable bonds is 1. The molecule has 2 N–H and O–H groups in total. The highest BCUT2D eigenvalue weighted by Crippen LogP contribution is 2.22. The molecule has 0 radical (unpaired) electrons. The van der Waals surface area contributed by atoms with E-state index in [4.69, 9.17) is 10.5 Å². The van der Waals surface area contributed by atoms with Crippen LogP contribution in [0.4, 0.5) is 5.82 Å². The van der Waals surface area contributed by atoms with Gasteiger partial charge in [-0.05, 0) is 18.2 Å². The zero-order valence-electron chi connectivity index (χ0n) is 8.10. The van der Waals surface area contributed by atoms with Gasteiger partial charge in [0, 0.05) is 12.3 Å². The Morgan fingerprint density at radius 1 is 1.40 bits per heavy atom. The van der Waals surface area contributed by atoms with Crippen LogP contribution in [0.3, 0.4) is 0 Å². The molecular weight excluding hydrogens is 194 g/mol. The predicted octanol–water partition coefficient (Wildman–Crippen LogP) is 1.14. The first-order valence-corrected chi connectivity index (χ1v) is 4.35. The zero-order valence-corrected chi connectivity index (χ0v) is 8.10. The molecule has 0 aliphatic heterocycles. The van der Waals surface area contributed by atoms with Gasteiger partial charge in [0.15, 0.2) is 0 Å². The lowest BCUT2D eigenvalue weighted by Gasteiger charge is -2.03. The van der Waals surface area contributed by atoms with Gasteiger partial charge in [-0.3, -0.25) is 4.79 Å². The molecule has 76 valence electrons. The summed E-state index contributed by atoms with van der Waals surface area (Å²) in [7, 11) is 0. The second-order valence-corrected chi connectivity index (χ2v) is 3.03. The lowest BCUT2D eigenvalue weighted by molar-refractivity contribution is -0.131. The summed E-state index contributed by atoms with van der Waals surface area (Å²) in [5, 5.41) is 0.677. The second-order valence-electron chi connectivity index (χ2n) is 3.03. The van der Waals surface area contributed by atoms with Crippen molar-refractivity contribution in [2.45, 2.75) is 6.92 Å². The molecule has 5 heteroatoms. The lowest BCUT2D eigenvalue weighted by atomic mass is 10.2. The molecule has 2 rings (SSSR count). The highest BCUT2D eigenvalue weighted by Gasteiger charge is 2.03. The van der Waals surface area contributed by atoms with Gasteiger partial charge in [-0.2, -0.15) is 0 Å². The molecule has 2 aromatic rings. The minimum absolute atomic E-state index is 0.369. The van der Waals surface area contributed by atoms with E-state index in [9.17, 15) is 4.79 Å². The maximum absolute atomic E-state index is 10.7. The van der Waals surface area contributed by atoms with E-state index in [0.717, 1.165) is 5.52 Å². The van der Waals surface area contributed by atoms with Crippen molar-refractivity contribution in [2.24, 2.45) is 0 Å². The zero-order chi connectivity index (χ0) is 10.8. The van der Waals surface area contributed by atoms with Crippen molar-refractivity contribution in [1.29, 1.82) is 0 Å².